The van der Waals surface area contributed by atoms with Crippen molar-refractivity contribution in [2.75, 3.05) is 23.7 Å². The van der Waals surface area contributed by atoms with Crippen molar-refractivity contribution in [1.82, 2.24) is 24.7 Å². The zero-order valence-electron chi connectivity index (χ0n) is 12.2. The molecule has 0 radical (unpaired) electrons. The first-order chi connectivity index (χ1) is 9.69. The molecule has 108 valence electrons. The zero-order valence-corrected chi connectivity index (χ0v) is 12.2. The van der Waals surface area contributed by atoms with E-state index in [-0.39, 0.29) is 0 Å². The molecule has 0 bridgehead atoms. The SMILES string of the molecule is CCCNc1cc(NCCc2nncn2C)nc(C)n1. The topological polar surface area (TPSA) is 80.5 Å². The summed E-state index contributed by atoms with van der Waals surface area (Å²) < 4.78 is 1.92. The van der Waals surface area contributed by atoms with E-state index < -0.39 is 0 Å². The van der Waals surface area contributed by atoms with E-state index in [1.165, 1.54) is 0 Å². The Bertz CT molecular complexity index is 549. The van der Waals surface area contributed by atoms with Crippen molar-refractivity contribution < 1.29 is 0 Å². The summed E-state index contributed by atoms with van der Waals surface area (Å²) in [7, 11) is 1.94. The fourth-order valence-corrected chi connectivity index (χ4v) is 1.84. The molecule has 2 heterocycles. The Morgan fingerprint density at radius 3 is 2.45 bits per heavy atom. The van der Waals surface area contributed by atoms with E-state index in [0.717, 1.165) is 49.2 Å². The lowest BCUT2D eigenvalue weighted by Gasteiger charge is -2.09. The summed E-state index contributed by atoms with van der Waals surface area (Å²) in [6.07, 6.45) is 3.58. The van der Waals surface area contributed by atoms with Crippen LogP contribution in [0.2, 0.25) is 0 Å². The Balaban J connectivity index is 1.91. The van der Waals surface area contributed by atoms with Crippen LogP contribution in [-0.4, -0.2) is 37.8 Å². The molecule has 7 nitrogen and oxygen atoms in total. The first-order valence-electron chi connectivity index (χ1n) is 6.85. The van der Waals surface area contributed by atoms with Gasteiger partial charge in [-0.15, -0.1) is 10.2 Å². The first kappa shape index (κ1) is 14.2. The summed E-state index contributed by atoms with van der Waals surface area (Å²) in [6.45, 7) is 5.69. The maximum absolute atomic E-state index is 4.38. The van der Waals surface area contributed by atoms with Crippen LogP contribution < -0.4 is 10.6 Å². The second-order valence-corrected chi connectivity index (χ2v) is 4.65. The number of nitrogens with zero attached hydrogens (tertiary/aromatic N) is 5. The number of nitrogens with one attached hydrogen (secondary N) is 2. The van der Waals surface area contributed by atoms with Crippen LogP contribution >= 0.6 is 0 Å². The molecule has 0 unspecified atom stereocenters. The lowest BCUT2D eigenvalue weighted by atomic mass is 10.4. The van der Waals surface area contributed by atoms with Crippen LogP contribution in [0, 0.1) is 6.92 Å². The molecule has 0 amide bonds. The molecule has 0 aliphatic rings. The molecule has 0 aliphatic carbocycles. The second kappa shape index (κ2) is 6.83. The summed E-state index contributed by atoms with van der Waals surface area (Å²) in [4.78, 5) is 8.73. The number of rotatable bonds is 7. The number of aryl methyl sites for hydroxylation is 2. The summed E-state index contributed by atoms with van der Waals surface area (Å²) in [5, 5.41) is 14.5. The lowest BCUT2D eigenvalue weighted by molar-refractivity contribution is 0.787. The standard InChI is InChI=1S/C13H21N7/c1-4-6-14-11-8-12(18-10(2)17-11)15-7-5-13-19-16-9-20(13)3/h8-9H,4-7H2,1-3H3,(H2,14,15,17,18). The maximum Gasteiger partial charge on any atom is 0.134 e. The van der Waals surface area contributed by atoms with Gasteiger partial charge in [-0.05, 0) is 13.3 Å². The molecule has 2 N–H and O–H groups in total. The smallest absolute Gasteiger partial charge is 0.134 e. The van der Waals surface area contributed by atoms with Crippen LogP contribution in [0.1, 0.15) is 25.0 Å². The molecule has 0 spiro atoms. The minimum Gasteiger partial charge on any atom is -0.370 e. The third-order valence-corrected chi connectivity index (χ3v) is 2.85. The van der Waals surface area contributed by atoms with Gasteiger partial charge in [0.1, 0.15) is 29.6 Å². The number of hydrogen-bond donors (Lipinski definition) is 2. The quantitative estimate of drug-likeness (QED) is 0.795. The van der Waals surface area contributed by atoms with Crippen molar-refractivity contribution in [3.05, 3.63) is 24.0 Å². The van der Waals surface area contributed by atoms with Crippen LogP contribution in [0.25, 0.3) is 0 Å². The third kappa shape index (κ3) is 3.91. The molecule has 0 aromatic carbocycles. The average Bonchev–Trinajstić information content (AvgIpc) is 2.82. The predicted molar refractivity (Wildman–Crippen MR) is 78.7 cm³/mol. The highest BCUT2D eigenvalue weighted by Crippen LogP contribution is 2.11. The Kier molecular flexibility index (Phi) is 4.86. The monoisotopic (exact) mass is 275 g/mol. The zero-order chi connectivity index (χ0) is 14.4. The normalized spacial score (nSPS) is 10.6. The molecule has 7 heteroatoms. The minimum absolute atomic E-state index is 0.757. The van der Waals surface area contributed by atoms with Gasteiger partial charge in [0.25, 0.3) is 0 Å². The molecule has 2 aromatic heterocycles. The van der Waals surface area contributed by atoms with Gasteiger partial charge in [0.15, 0.2) is 0 Å². The van der Waals surface area contributed by atoms with E-state index in [1.54, 1.807) is 6.33 Å². The van der Waals surface area contributed by atoms with Crippen molar-refractivity contribution in [1.29, 1.82) is 0 Å². The van der Waals surface area contributed by atoms with Crippen LogP contribution in [0.5, 0.6) is 0 Å². The maximum atomic E-state index is 4.38. The van der Waals surface area contributed by atoms with Crippen molar-refractivity contribution >= 4 is 11.6 Å². The van der Waals surface area contributed by atoms with Crippen LogP contribution in [0.4, 0.5) is 11.6 Å². The molecule has 0 aliphatic heterocycles. The van der Waals surface area contributed by atoms with E-state index in [9.17, 15) is 0 Å². The molecule has 2 rings (SSSR count). The van der Waals surface area contributed by atoms with E-state index in [1.807, 2.05) is 24.6 Å². The van der Waals surface area contributed by atoms with Gasteiger partial charge in [0.2, 0.25) is 0 Å². The Hall–Kier alpha value is -2.18. The molecule has 0 atom stereocenters. The summed E-state index contributed by atoms with van der Waals surface area (Å²) in [5.41, 5.74) is 0. The van der Waals surface area contributed by atoms with Crippen LogP contribution in [0.15, 0.2) is 12.4 Å². The van der Waals surface area contributed by atoms with Gasteiger partial charge in [-0.25, -0.2) is 9.97 Å². The van der Waals surface area contributed by atoms with Crippen LogP contribution in [-0.2, 0) is 13.5 Å². The van der Waals surface area contributed by atoms with E-state index in [4.69, 9.17) is 0 Å². The highest BCUT2D eigenvalue weighted by atomic mass is 15.2. The molecule has 2 aromatic rings. The Morgan fingerprint density at radius 1 is 1.15 bits per heavy atom. The van der Waals surface area contributed by atoms with Gasteiger partial charge in [0, 0.05) is 32.6 Å². The van der Waals surface area contributed by atoms with E-state index >= 15 is 0 Å². The summed E-state index contributed by atoms with van der Waals surface area (Å²) in [6, 6.07) is 1.93. The van der Waals surface area contributed by atoms with Crippen molar-refractivity contribution in [3.63, 3.8) is 0 Å². The van der Waals surface area contributed by atoms with Gasteiger partial charge >= 0.3 is 0 Å². The number of aromatic nitrogens is 5. The number of hydrogen-bond acceptors (Lipinski definition) is 6. The Labute approximate surface area is 118 Å². The molecular weight excluding hydrogens is 254 g/mol. The molecule has 0 fully saturated rings. The highest BCUT2D eigenvalue weighted by molar-refractivity contribution is 5.47. The van der Waals surface area contributed by atoms with Gasteiger partial charge in [0.05, 0.1) is 0 Å². The van der Waals surface area contributed by atoms with Gasteiger partial charge in [-0.3, -0.25) is 0 Å². The Morgan fingerprint density at radius 2 is 1.85 bits per heavy atom. The van der Waals surface area contributed by atoms with Gasteiger partial charge in [-0.2, -0.15) is 0 Å². The lowest BCUT2D eigenvalue weighted by Crippen LogP contribution is -2.11. The minimum atomic E-state index is 0.757. The summed E-state index contributed by atoms with van der Waals surface area (Å²) >= 11 is 0. The summed E-state index contributed by atoms with van der Waals surface area (Å²) in [5.74, 6) is 3.40. The highest BCUT2D eigenvalue weighted by Gasteiger charge is 2.03. The fraction of sp³-hybridized carbons (Fsp3) is 0.538. The van der Waals surface area contributed by atoms with E-state index in [2.05, 4.69) is 37.7 Å². The van der Waals surface area contributed by atoms with Crippen LogP contribution in [0.3, 0.4) is 0 Å². The fourth-order valence-electron chi connectivity index (χ4n) is 1.84. The molecular formula is C13H21N7. The first-order valence-corrected chi connectivity index (χ1v) is 6.85. The third-order valence-electron chi connectivity index (χ3n) is 2.85. The predicted octanol–water partition coefficient (Wildman–Crippen LogP) is 1.39. The molecule has 0 saturated heterocycles. The van der Waals surface area contributed by atoms with Crippen molar-refractivity contribution in [2.45, 2.75) is 26.7 Å². The second-order valence-electron chi connectivity index (χ2n) is 4.65. The van der Waals surface area contributed by atoms with Crippen molar-refractivity contribution in [2.24, 2.45) is 7.05 Å². The van der Waals surface area contributed by atoms with Gasteiger partial charge < -0.3 is 15.2 Å². The number of anilines is 2. The van der Waals surface area contributed by atoms with Gasteiger partial charge in [-0.1, -0.05) is 6.92 Å². The molecule has 20 heavy (non-hydrogen) atoms. The van der Waals surface area contributed by atoms with Crippen molar-refractivity contribution in [3.8, 4) is 0 Å². The largest absolute Gasteiger partial charge is 0.370 e. The average molecular weight is 275 g/mol. The molecule has 0 saturated carbocycles. The van der Waals surface area contributed by atoms with E-state index in [0.29, 0.717) is 0 Å².